The lowest BCUT2D eigenvalue weighted by atomic mass is 9.96. The van der Waals surface area contributed by atoms with Crippen molar-refractivity contribution >= 4 is 39.6 Å². The number of hydrogen-bond acceptors (Lipinski definition) is 7. The van der Waals surface area contributed by atoms with Crippen LogP contribution in [0.3, 0.4) is 0 Å². The highest BCUT2D eigenvalue weighted by Gasteiger charge is 2.38. The molecule has 13 heteroatoms. The highest BCUT2D eigenvalue weighted by molar-refractivity contribution is 7.16. The minimum atomic E-state index is -4.67. The number of alkyl halides is 3. The van der Waals surface area contributed by atoms with Crippen molar-refractivity contribution in [3.8, 4) is 0 Å². The third-order valence-electron chi connectivity index (χ3n) is 5.56. The number of aromatic nitrogens is 4. The number of fused-ring (bicyclic) bond motifs is 1. The molecule has 4 heterocycles. The normalized spacial score (nSPS) is 15.3. The number of primary amides is 1. The first-order valence-corrected chi connectivity index (χ1v) is 10.6. The lowest BCUT2D eigenvalue weighted by molar-refractivity contribution is -0.146. The first-order valence-electron chi connectivity index (χ1n) is 9.81. The second-order valence-corrected chi connectivity index (χ2v) is 8.81. The van der Waals surface area contributed by atoms with Gasteiger partial charge in [-0.15, -0.1) is 26.6 Å². The van der Waals surface area contributed by atoms with Gasteiger partial charge in [-0.25, -0.2) is 0 Å². The van der Waals surface area contributed by atoms with E-state index in [0.717, 1.165) is 10.4 Å². The number of thiophene rings is 1. The van der Waals surface area contributed by atoms with Crippen LogP contribution in [0.25, 0.3) is 5.65 Å². The van der Waals surface area contributed by atoms with Crippen LogP contribution < -0.4 is 16.0 Å². The number of aryl methyl sites for hydroxylation is 1. The molecule has 2 amide bonds. The summed E-state index contributed by atoms with van der Waals surface area (Å²) < 4.78 is 40.0. The number of amides is 2. The van der Waals surface area contributed by atoms with Crippen molar-refractivity contribution in [3.05, 3.63) is 34.0 Å². The maximum atomic E-state index is 13.1. The Kier molecular flexibility index (Phi) is 5.53. The Morgan fingerprint density at radius 2 is 1.88 bits per heavy atom. The van der Waals surface area contributed by atoms with Crippen molar-refractivity contribution in [2.24, 2.45) is 11.7 Å². The van der Waals surface area contributed by atoms with Crippen molar-refractivity contribution in [1.82, 2.24) is 19.8 Å². The van der Waals surface area contributed by atoms with E-state index in [-0.39, 0.29) is 17.5 Å². The summed E-state index contributed by atoms with van der Waals surface area (Å²) in [6, 6.07) is 3.01. The quantitative estimate of drug-likeness (QED) is 0.609. The van der Waals surface area contributed by atoms with Crippen molar-refractivity contribution in [2.45, 2.75) is 32.9 Å². The molecule has 3 aromatic heterocycles. The van der Waals surface area contributed by atoms with E-state index < -0.39 is 17.9 Å². The molecule has 3 aromatic rings. The number of anilines is 2. The molecule has 0 saturated carbocycles. The Labute approximate surface area is 184 Å². The molecule has 0 bridgehead atoms. The van der Waals surface area contributed by atoms with Gasteiger partial charge in [0.1, 0.15) is 10.8 Å². The van der Waals surface area contributed by atoms with E-state index in [1.807, 2.05) is 11.8 Å². The van der Waals surface area contributed by atoms with Gasteiger partial charge in [0, 0.05) is 23.9 Å². The molecule has 3 N–H and O–H groups in total. The molecule has 0 spiro atoms. The second-order valence-electron chi connectivity index (χ2n) is 7.59. The standard InChI is InChI=1S/C19H20F3N7O2S/c1-9-10(2)32-17(14(9)15(23)30)24-16(31)11-5-7-28(8-6-11)13-4-3-12-25-26-18(19(20,21)22)29(12)27-13/h3-4,11H,5-8H2,1-2H3,(H2,23,30)(H,24,31). The van der Waals surface area contributed by atoms with E-state index in [2.05, 4.69) is 20.6 Å². The van der Waals surface area contributed by atoms with Crippen LogP contribution in [-0.2, 0) is 11.0 Å². The van der Waals surface area contributed by atoms with Crippen molar-refractivity contribution in [3.63, 3.8) is 0 Å². The van der Waals surface area contributed by atoms with Crippen LogP contribution in [0.2, 0.25) is 0 Å². The molecule has 1 fully saturated rings. The molecular formula is C19H20F3N7O2S. The maximum absolute atomic E-state index is 13.1. The van der Waals surface area contributed by atoms with Crippen LogP contribution >= 0.6 is 11.3 Å². The van der Waals surface area contributed by atoms with Gasteiger partial charge in [0.05, 0.1) is 5.56 Å². The van der Waals surface area contributed by atoms with E-state index in [9.17, 15) is 22.8 Å². The predicted molar refractivity (Wildman–Crippen MR) is 112 cm³/mol. The van der Waals surface area contributed by atoms with Crippen molar-refractivity contribution in [1.29, 1.82) is 0 Å². The van der Waals surface area contributed by atoms with Gasteiger partial charge < -0.3 is 16.0 Å². The molecule has 0 unspecified atom stereocenters. The van der Waals surface area contributed by atoms with Gasteiger partial charge in [0.15, 0.2) is 5.65 Å². The van der Waals surface area contributed by atoms with Gasteiger partial charge in [-0.1, -0.05) is 0 Å². The van der Waals surface area contributed by atoms with Crippen LogP contribution in [0.4, 0.5) is 24.0 Å². The van der Waals surface area contributed by atoms with E-state index in [1.54, 1.807) is 13.0 Å². The number of hydrogen-bond donors (Lipinski definition) is 2. The summed E-state index contributed by atoms with van der Waals surface area (Å²) in [6.45, 7) is 4.50. The molecule has 1 aliphatic rings. The summed E-state index contributed by atoms with van der Waals surface area (Å²) in [5.41, 5.74) is 6.53. The van der Waals surface area contributed by atoms with Crippen LogP contribution in [0.15, 0.2) is 12.1 Å². The average molecular weight is 467 g/mol. The Hall–Kier alpha value is -3.22. The van der Waals surface area contributed by atoms with Gasteiger partial charge in [-0.05, 0) is 44.4 Å². The lowest BCUT2D eigenvalue weighted by Gasteiger charge is -2.32. The fourth-order valence-electron chi connectivity index (χ4n) is 3.72. The summed E-state index contributed by atoms with van der Waals surface area (Å²) in [6.07, 6.45) is -3.71. The first-order chi connectivity index (χ1) is 15.1. The maximum Gasteiger partial charge on any atom is 0.453 e. The fraction of sp³-hybridized carbons (Fsp3) is 0.421. The zero-order valence-electron chi connectivity index (χ0n) is 17.2. The average Bonchev–Trinajstić information content (AvgIpc) is 3.28. The van der Waals surface area contributed by atoms with Crippen LogP contribution in [0.1, 0.15) is 39.5 Å². The minimum Gasteiger partial charge on any atom is -0.365 e. The molecule has 0 radical (unpaired) electrons. The smallest absolute Gasteiger partial charge is 0.365 e. The number of nitrogens with two attached hydrogens (primary N) is 1. The summed E-state index contributed by atoms with van der Waals surface area (Å²) in [7, 11) is 0. The molecule has 1 saturated heterocycles. The van der Waals surface area contributed by atoms with Crippen LogP contribution in [0.5, 0.6) is 0 Å². The topological polar surface area (TPSA) is 119 Å². The molecule has 9 nitrogen and oxygen atoms in total. The van der Waals surface area contributed by atoms with Gasteiger partial charge in [0.25, 0.3) is 11.7 Å². The summed E-state index contributed by atoms with van der Waals surface area (Å²) in [4.78, 5) is 27.2. The molecule has 1 aliphatic heterocycles. The summed E-state index contributed by atoms with van der Waals surface area (Å²) in [5, 5.41) is 14.0. The molecule has 0 aromatic carbocycles. The third kappa shape index (κ3) is 3.99. The minimum absolute atomic E-state index is 0.00197. The van der Waals surface area contributed by atoms with E-state index in [1.165, 1.54) is 17.4 Å². The lowest BCUT2D eigenvalue weighted by Crippen LogP contribution is -2.39. The highest BCUT2D eigenvalue weighted by atomic mass is 32.1. The summed E-state index contributed by atoms with van der Waals surface area (Å²) in [5.74, 6) is -1.95. The number of rotatable bonds is 4. The predicted octanol–water partition coefficient (Wildman–Crippen LogP) is 2.78. The third-order valence-corrected chi connectivity index (χ3v) is 6.68. The van der Waals surface area contributed by atoms with Gasteiger partial charge in [0.2, 0.25) is 5.91 Å². The van der Waals surface area contributed by atoms with E-state index in [4.69, 9.17) is 5.73 Å². The van der Waals surface area contributed by atoms with Crippen molar-refractivity contribution < 1.29 is 22.8 Å². The molecule has 0 aliphatic carbocycles. The number of carbonyl (C=O) groups is 2. The van der Waals surface area contributed by atoms with Crippen molar-refractivity contribution in [2.75, 3.05) is 23.3 Å². The van der Waals surface area contributed by atoms with Gasteiger partial charge in [-0.2, -0.15) is 17.7 Å². The van der Waals surface area contributed by atoms with Gasteiger partial charge in [-0.3, -0.25) is 9.59 Å². The Balaban J connectivity index is 1.45. The largest absolute Gasteiger partial charge is 0.453 e. The number of nitrogens with zero attached hydrogens (tertiary/aromatic N) is 5. The van der Waals surface area contributed by atoms with E-state index >= 15 is 0 Å². The van der Waals surface area contributed by atoms with Gasteiger partial charge >= 0.3 is 6.18 Å². The monoisotopic (exact) mass is 467 g/mol. The zero-order valence-corrected chi connectivity index (χ0v) is 18.0. The Morgan fingerprint density at radius 3 is 2.50 bits per heavy atom. The Bertz CT molecular complexity index is 1200. The number of nitrogens with one attached hydrogen (secondary N) is 1. The number of halogens is 3. The Morgan fingerprint density at radius 1 is 1.19 bits per heavy atom. The van der Waals surface area contributed by atoms with E-state index in [0.29, 0.717) is 46.8 Å². The van der Waals surface area contributed by atoms with Crippen LogP contribution in [0, 0.1) is 19.8 Å². The molecule has 4 rings (SSSR count). The number of piperidine rings is 1. The van der Waals surface area contributed by atoms with Crippen LogP contribution in [-0.4, -0.2) is 44.7 Å². The molecular weight excluding hydrogens is 447 g/mol. The summed E-state index contributed by atoms with van der Waals surface area (Å²) >= 11 is 1.30. The molecule has 170 valence electrons. The molecule has 32 heavy (non-hydrogen) atoms. The highest BCUT2D eigenvalue weighted by Crippen LogP contribution is 2.33. The zero-order chi connectivity index (χ0) is 23.2. The second kappa shape index (κ2) is 8.04. The fourth-order valence-corrected chi connectivity index (χ4v) is 4.79. The first kappa shape index (κ1) is 22.0. The molecule has 0 atom stereocenters. The number of carbonyl (C=O) groups excluding carboxylic acids is 2. The SMILES string of the molecule is Cc1sc(NC(=O)C2CCN(c3ccc4nnc(C(F)(F)F)n4n3)CC2)c(C(N)=O)c1C.